The number of nitrogens with zero attached hydrogens (tertiary/aromatic N) is 3. The van der Waals surface area contributed by atoms with Crippen LogP contribution in [0.15, 0.2) is 65.6 Å². The van der Waals surface area contributed by atoms with Crippen molar-refractivity contribution in [1.82, 2.24) is 4.90 Å². The fourth-order valence-electron chi connectivity index (χ4n) is 6.30. The molecule has 2 fully saturated rings. The van der Waals surface area contributed by atoms with Crippen molar-refractivity contribution in [2.75, 3.05) is 41.9 Å². The van der Waals surface area contributed by atoms with Crippen LogP contribution in [0.4, 0.5) is 11.4 Å². The highest BCUT2D eigenvalue weighted by molar-refractivity contribution is 7.93. The van der Waals surface area contributed by atoms with Gasteiger partial charge in [0.2, 0.25) is 0 Å². The van der Waals surface area contributed by atoms with Crippen molar-refractivity contribution in [3.63, 3.8) is 0 Å². The largest absolute Gasteiger partial charge is 0.370 e. The second-order valence-electron chi connectivity index (χ2n) is 10.4. The maximum Gasteiger partial charge on any atom is 0.265 e. The molecule has 1 saturated carbocycles. The van der Waals surface area contributed by atoms with Gasteiger partial charge in [0.1, 0.15) is 0 Å². The average Bonchev–Trinajstić information content (AvgIpc) is 3.01. The summed E-state index contributed by atoms with van der Waals surface area (Å²) in [5, 5.41) is 2.00. The van der Waals surface area contributed by atoms with Gasteiger partial charge >= 0.3 is 0 Å². The summed E-state index contributed by atoms with van der Waals surface area (Å²) >= 11 is 0. The van der Waals surface area contributed by atoms with E-state index in [4.69, 9.17) is 0 Å². The minimum Gasteiger partial charge on any atom is -0.370 e. The molecule has 3 aliphatic rings. The average molecular weight is 490 g/mol. The number of rotatable bonds is 5. The van der Waals surface area contributed by atoms with Gasteiger partial charge < -0.3 is 4.90 Å². The summed E-state index contributed by atoms with van der Waals surface area (Å²) in [6.45, 7) is 5.61. The zero-order valence-corrected chi connectivity index (χ0v) is 21.2. The first-order valence-electron chi connectivity index (χ1n) is 13.2. The summed E-state index contributed by atoms with van der Waals surface area (Å²) in [5.74, 6) is 0.462. The molecule has 2 heterocycles. The normalized spacial score (nSPS) is 20.9. The molecule has 0 amide bonds. The Morgan fingerprint density at radius 2 is 1.54 bits per heavy atom. The molecular formula is C29H35N3O2S. The van der Waals surface area contributed by atoms with Crippen LogP contribution in [0, 0.1) is 5.92 Å². The summed E-state index contributed by atoms with van der Waals surface area (Å²) in [4.78, 5) is 5.49. The van der Waals surface area contributed by atoms with Crippen molar-refractivity contribution in [3.8, 4) is 0 Å². The van der Waals surface area contributed by atoms with Gasteiger partial charge in [-0.25, -0.2) is 8.42 Å². The zero-order chi connectivity index (χ0) is 23.8. The second-order valence-corrected chi connectivity index (χ2v) is 12.3. The second kappa shape index (κ2) is 9.47. The lowest BCUT2D eigenvalue weighted by atomic mass is 9.89. The van der Waals surface area contributed by atoms with Gasteiger partial charge in [0.05, 0.1) is 10.6 Å². The van der Waals surface area contributed by atoms with Crippen molar-refractivity contribution >= 4 is 32.2 Å². The van der Waals surface area contributed by atoms with Crippen LogP contribution in [-0.2, 0) is 16.6 Å². The minimum atomic E-state index is -3.49. The molecule has 35 heavy (non-hydrogen) atoms. The number of hydrogen-bond donors (Lipinski definition) is 0. The Balaban J connectivity index is 1.28. The van der Waals surface area contributed by atoms with Gasteiger partial charge in [-0.2, -0.15) is 0 Å². The van der Waals surface area contributed by atoms with Crippen LogP contribution in [0.5, 0.6) is 0 Å². The van der Waals surface area contributed by atoms with Gasteiger partial charge in [-0.3, -0.25) is 9.21 Å². The van der Waals surface area contributed by atoms with E-state index in [1.54, 1.807) is 10.4 Å². The standard InChI is InChI=1S/C29H35N3O2S/c33-35(34)28-14-7-13-25-26(15-16-27(29(25)28)32(35)22-24-11-5-2-6-12-24)31-18-8-17-30(19-20-31)21-23-9-3-1-4-10-23/h1,3-4,7,9-10,13-16,24H,2,5-6,8,11-12,17-22H2. The predicted octanol–water partition coefficient (Wildman–Crippen LogP) is 5.64. The molecule has 184 valence electrons. The third kappa shape index (κ3) is 4.31. The lowest BCUT2D eigenvalue weighted by Gasteiger charge is -2.28. The first-order valence-corrected chi connectivity index (χ1v) is 14.6. The number of anilines is 2. The molecule has 0 atom stereocenters. The molecular weight excluding hydrogens is 454 g/mol. The van der Waals surface area contributed by atoms with Crippen LogP contribution < -0.4 is 9.21 Å². The highest BCUT2D eigenvalue weighted by atomic mass is 32.2. The molecule has 0 spiro atoms. The maximum absolute atomic E-state index is 13.6. The van der Waals surface area contributed by atoms with Crippen molar-refractivity contribution in [2.45, 2.75) is 50.0 Å². The molecule has 1 saturated heterocycles. The fourth-order valence-corrected chi connectivity index (χ4v) is 8.08. The molecule has 0 unspecified atom stereocenters. The van der Waals surface area contributed by atoms with Crippen molar-refractivity contribution < 1.29 is 8.42 Å². The van der Waals surface area contributed by atoms with Gasteiger partial charge in [0.15, 0.2) is 0 Å². The van der Waals surface area contributed by atoms with Crippen molar-refractivity contribution in [3.05, 3.63) is 66.2 Å². The molecule has 3 aromatic carbocycles. The van der Waals surface area contributed by atoms with Crippen LogP contribution in [-0.4, -0.2) is 46.0 Å². The van der Waals surface area contributed by atoms with Gasteiger partial charge in [-0.1, -0.05) is 61.7 Å². The van der Waals surface area contributed by atoms with E-state index < -0.39 is 10.0 Å². The lowest BCUT2D eigenvalue weighted by Crippen LogP contribution is -2.33. The van der Waals surface area contributed by atoms with Crippen LogP contribution in [0.3, 0.4) is 0 Å². The third-order valence-corrected chi connectivity index (χ3v) is 9.94. The molecule has 2 aliphatic heterocycles. The molecule has 5 nitrogen and oxygen atoms in total. The predicted molar refractivity (Wildman–Crippen MR) is 144 cm³/mol. The highest BCUT2D eigenvalue weighted by Gasteiger charge is 2.38. The fraction of sp³-hybridized carbons (Fsp3) is 0.448. The molecule has 0 N–H and O–H groups in total. The van der Waals surface area contributed by atoms with Crippen molar-refractivity contribution in [1.29, 1.82) is 0 Å². The Labute approximate surface area is 209 Å². The number of sulfonamides is 1. The number of hydrogen-bond acceptors (Lipinski definition) is 4. The highest BCUT2D eigenvalue weighted by Crippen LogP contribution is 2.46. The van der Waals surface area contributed by atoms with Crippen LogP contribution >= 0.6 is 0 Å². The van der Waals surface area contributed by atoms with E-state index in [9.17, 15) is 8.42 Å². The summed E-state index contributed by atoms with van der Waals surface area (Å²) in [5.41, 5.74) is 3.40. The van der Waals surface area contributed by atoms with Crippen LogP contribution in [0.25, 0.3) is 10.8 Å². The van der Waals surface area contributed by atoms with Gasteiger partial charge in [0.25, 0.3) is 10.0 Å². The molecule has 1 aliphatic carbocycles. The first-order chi connectivity index (χ1) is 17.1. The van der Waals surface area contributed by atoms with Gasteiger partial charge in [-0.15, -0.1) is 0 Å². The van der Waals surface area contributed by atoms with E-state index in [1.165, 1.54) is 30.5 Å². The zero-order valence-electron chi connectivity index (χ0n) is 20.4. The smallest absolute Gasteiger partial charge is 0.265 e. The third-order valence-electron chi connectivity index (χ3n) is 8.12. The van der Waals surface area contributed by atoms with Crippen LogP contribution in [0.1, 0.15) is 44.1 Å². The molecule has 6 rings (SSSR count). The van der Waals surface area contributed by atoms with E-state index in [0.717, 1.165) is 68.4 Å². The summed E-state index contributed by atoms with van der Waals surface area (Å²) < 4.78 is 28.9. The Hall–Kier alpha value is -2.57. The minimum absolute atomic E-state index is 0.462. The van der Waals surface area contributed by atoms with Gasteiger partial charge in [-0.05, 0) is 48.9 Å². The first kappa shape index (κ1) is 22.9. The van der Waals surface area contributed by atoms with Crippen LogP contribution in [0.2, 0.25) is 0 Å². The monoisotopic (exact) mass is 489 g/mol. The van der Waals surface area contributed by atoms with Crippen molar-refractivity contribution in [2.24, 2.45) is 5.92 Å². The Morgan fingerprint density at radius 3 is 2.37 bits per heavy atom. The van der Waals surface area contributed by atoms with E-state index in [0.29, 0.717) is 17.4 Å². The number of benzene rings is 3. The topological polar surface area (TPSA) is 43.9 Å². The lowest BCUT2D eigenvalue weighted by molar-refractivity contribution is 0.285. The van der Waals surface area contributed by atoms with E-state index in [2.05, 4.69) is 58.3 Å². The molecule has 0 bridgehead atoms. The van der Waals surface area contributed by atoms with E-state index in [-0.39, 0.29) is 0 Å². The maximum atomic E-state index is 13.6. The SMILES string of the molecule is O=S1(=O)c2cccc3c(N4CCCN(Cc5ccccc5)CC4)ccc(c23)N1CC1CCCCC1. The quantitative estimate of drug-likeness (QED) is 0.465. The van der Waals surface area contributed by atoms with Gasteiger partial charge in [0, 0.05) is 55.7 Å². The summed E-state index contributed by atoms with van der Waals surface area (Å²) in [6.07, 6.45) is 7.09. The molecule has 0 aromatic heterocycles. The summed E-state index contributed by atoms with van der Waals surface area (Å²) in [6, 6.07) is 20.8. The molecule has 6 heteroatoms. The molecule has 3 aromatic rings. The van der Waals surface area contributed by atoms with E-state index >= 15 is 0 Å². The Bertz CT molecular complexity index is 1300. The van der Waals surface area contributed by atoms with E-state index in [1.807, 2.05) is 6.07 Å². The summed E-state index contributed by atoms with van der Waals surface area (Å²) in [7, 11) is -3.49. The Morgan fingerprint density at radius 1 is 0.743 bits per heavy atom. The Kier molecular flexibility index (Phi) is 6.19. The molecule has 0 radical (unpaired) electrons.